The van der Waals surface area contributed by atoms with Gasteiger partial charge in [0, 0.05) is 12.1 Å². The molecule has 0 spiro atoms. The summed E-state index contributed by atoms with van der Waals surface area (Å²) in [6.07, 6.45) is 0.468. The van der Waals surface area contributed by atoms with Crippen molar-refractivity contribution in [2.24, 2.45) is 5.92 Å². The molecule has 2 rings (SSSR count). The molecule has 4 heteroatoms. The molecule has 1 heterocycles. The van der Waals surface area contributed by atoms with Crippen LogP contribution in [0.25, 0.3) is 0 Å². The van der Waals surface area contributed by atoms with Gasteiger partial charge in [-0.2, -0.15) is 0 Å². The van der Waals surface area contributed by atoms with E-state index < -0.39 is 11.9 Å². The topological polar surface area (TPSA) is 55.4 Å². The zero-order valence-electron chi connectivity index (χ0n) is 9.95. The van der Waals surface area contributed by atoms with E-state index in [9.17, 15) is 9.59 Å². The van der Waals surface area contributed by atoms with Gasteiger partial charge in [0.15, 0.2) is 0 Å². The lowest BCUT2D eigenvalue weighted by Gasteiger charge is -2.10. The Hall–Kier alpha value is -1.84. The fourth-order valence-electron chi connectivity index (χ4n) is 1.91. The number of carbonyl (C=O) groups is 2. The van der Waals surface area contributed by atoms with Crippen molar-refractivity contribution in [3.05, 3.63) is 29.3 Å². The zero-order chi connectivity index (χ0) is 12.4. The number of rotatable bonds is 2. The predicted octanol–water partition coefficient (Wildman–Crippen LogP) is 1.81. The number of carbonyl (C=O) groups excluding carboxylic acids is 2. The molecule has 90 valence electrons. The van der Waals surface area contributed by atoms with E-state index in [1.54, 1.807) is 0 Å². The van der Waals surface area contributed by atoms with Crippen molar-refractivity contribution in [3.63, 3.8) is 0 Å². The van der Waals surface area contributed by atoms with Crippen molar-refractivity contribution in [1.82, 2.24) is 0 Å². The third-order valence-electron chi connectivity index (χ3n) is 2.89. The molecule has 1 N–H and O–H groups in total. The number of ether oxygens (including phenoxy) is 1. The molecular formula is C13H15NO3. The number of benzene rings is 1. The van der Waals surface area contributed by atoms with Gasteiger partial charge in [-0.15, -0.1) is 0 Å². The minimum Gasteiger partial charge on any atom is -0.465 e. The fourth-order valence-corrected chi connectivity index (χ4v) is 1.91. The van der Waals surface area contributed by atoms with Gasteiger partial charge in [-0.1, -0.05) is 17.7 Å². The van der Waals surface area contributed by atoms with E-state index in [0.717, 1.165) is 16.8 Å². The van der Waals surface area contributed by atoms with Gasteiger partial charge in [0.2, 0.25) is 5.91 Å². The number of anilines is 1. The molecule has 4 nitrogen and oxygen atoms in total. The first kappa shape index (κ1) is 11.6. The Bertz CT molecular complexity index is 468. The highest BCUT2D eigenvalue weighted by Crippen LogP contribution is 2.20. The van der Waals surface area contributed by atoms with Crippen LogP contribution in [0.5, 0.6) is 0 Å². The summed E-state index contributed by atoms with van der Waals surface area (Å²) in [6.45, 7) is 4.26. The number of hydrogen-bond acceptors (Lipinski definition) is 3. The number of hydrogen-bond donors (Lipinski definition) is 1. The average Bonchev–Trinajstić information content (AvgIpc) is 2.68. The second-order valence-electron chi connectivity index (χ2n) is 4.32. The van der Waals surface area contributed by atoms with E-state index >= 15 is 0 Å². The molecule has 0 aromatic heterocycles. The third kappa shape index (κ3) is 2.46. The Kier molecular flexibility index (Phi) is 3.13. The Morgan fingerprint density at radius 3 is 2.76 bits per heavy atom. The molecule has 17 heavy (non-hydrogen) atoms. The van der Waals surface area contributed by atoms with E-state index in [1.807, 2.05) is 32.0 Å². The normalized spacial score (nSPS) is 18.9. The van der Waals surface area contributed by atoms with Crippen molar-refractivity contribution >= 4 is 17.6 Å². The number of esters is 1. The van der Waals surface area contributed by atoms with Crippen LogP contribution in [-0.2, 0) is 14.3 Å². The fraction of sp³-hybridized carbons (Fsp3) is 0.385. The molecule has 0 aliphatic carbocycles. The van der Waals surface area contributed by atoms with Crippen LogP contribution in [-0.4, -0.2) is 18.5 Å². The Labute approximate surface area is 100.0 Å². The highest BCUT2D eigenvalue weighted by Gasteiger charge is 2.33. The van der Waals surface area contributed by atoms with Gasteiger partial charge in [0.25, 0.3) is 0 Å². The highest BCUT2D eigenvalue weighted by molar-refractivity contribution is 6.05. The molecule has 1 saturated heterocycles. The Morgan fingerprint density at radius 2 is 2.18 bits per heavy atom. The molecule has 1 aromatic rings. The maximum absolute atomic E-state index is 11.9. The molecule has 1 unspecified atom stereocenters. The number of nitrogens with one attached hydrogen (secondary N) is 1. The van der Waals surface area contributed by atoms with Crippen LogP contribution in [0.1, 0.15) is 17.5 Å². The summed E-state index contributed by atoms with van der Waals surface area (Å²) in [4.78, 5) is 23.1. The van der Waals surface area contributed by atoms with Crippen molar-refractivity contribution in [2.75, 3.05) is 11.9 Å². The molecule has 0 radical (unpaired) electrons. The van der Waals surface area contributed by atoms with E-state index in [2.05, 4.69) is 5.32 Å². The highest BCUT2D eigenvalue weighted by atomic mass is 16.5. The van der Waals surface area contributed by atoms with Crippen molar-refractivity contribution in [3.8, 4) is 0 Å². The van der Waals surface area contributed by atoms with Gasteiger partial charge >= 0.3 is 5.97 Å². The standard InChI is InChI=1S/C13H15NO3/c1-8-3-4-11(9(2)7-8)14-12(15)10-5-6-17-13(10)16/h3-4,7,10H,5-6H2,1-2H3,(H,14,15). The molecule has 1 atom stereocenters. The summed E-state index contributed by atoms with van der Waals surface area (Å²) in [6, 6.07) is 5.76. The van der Waals surface area contributed by atoms with Crippen LogP contribution in [0.15, 0.2) is 18.2 Å². The van der Waals surface area contributed by atoms with Gasteiger partial charge < -0.3 is 10.1 Å². The maximum atomic E-state index is 11.9. The first-order valence-corrected chi connectivity index (χ1v) is 5.62. The van der Waals surface area contributed by atoms with Crippen molar-refractivity contribution < 1.29 is 14.3 Å². The lowest BCUT2D eigenvalue weighted by atomic mass is 10.1. The van der Waals surface area contributed by atoms with Crippen LogP contribution in [0.2, 0.25) is 0 Å². The van der Waals surface area contributed by atoms with Gasteiger partial charge in [0.1, 0.15) is 5.92 Å². The summed E-state index contributed by atoms with van der Waals surface area (Å²) < 4.78 is 4.77. The van der Waals surface area contributed by atoms with Gasteiger partial charge in [-0.05, 0) is 25.5 Å². The van der Waals surface area contributed by atoms with Crippen molar-refractivity contribution in [2.45, 2.75) is 20.3 Å². The number of aryl methyl sites for hydroxylation is 2. The largest absolute Gasteiger partial charge is 0.465 e. The summed E-state index contributed by atoms with van der Waals surface area (Å²) in [5.41, 5.74) is 2.88. The minimum absolute atomic E-state index is 0.278. The molecule has 1 fully saturated rings. The second kappa shape index (κ2) is 4.57. The predicted molar refractivity (Wildman–Crippen MR) is 63.6 cm³/mol. The Morgan fingerprint density at radius 1 is 1.41 bits per heavy atom. The van der Waals surface area contributed by atoms with Crippen LogP contribution in [0, 0.1) is 19.8 Å². The van der Waals surface area contributed by atoms with Gasteiger partial charge in [-0.25, -0.2) is 0 Å². The second-order valence-corrected chi connectivity index (χ2v) is 4.32. The summed E-state index contributed by atoms with van der Waals surface area (Å²) in [5, 5.41) is 2.77. The van der Waals surface area contributed by atoms with Crippen LogP contribution >= 0.6 is 0 Å². The maximum Gasteiger partial charge on any atom is 0.318 e. The monoisotopic (exact) mass is 233 g/mol. The zero-order valence-corrected chi connectivity index (χ0v) is 9.95. The molecule has 0 bridgehead atoms. The average molecular weight is 233 g/mol. The lowest BCUT2D eigenvalue weighted by Crippen LogP contribution is -2.26. The van der Waals surface area contributed by atoms with Crippen LogP contribution in [0.3, 0.4) is 0 Å². The number of amides is 1. The third-order valence-corrected chi connectivity index (χ3v) is 2.89. The summed E-state index contributed by atoms with van der Waals surface area (Å²) in [5.74, 6) is -1.36. The van der Waals surface area contributed by atoms with Crippen LogP contribution in [0.4, 0.5) is 5.69 Å². The Balaban J connectivity index is 2.10. The number of cyclic esters (lactones) is 1. The summed E-state index contributed by atoms with van der Waals surface area (Å²) in [7, 11) is 0. The minimum atomic E-state index is -0.657. The van der Waals surface area contributed by atoms with Crippen LogP contribution < -0.4 is 5.32 Å². The smallest absolute Gasteiger partial charge is 0.318 e. The first-order valence-electron chi connectivity index (χ1n) is 5.62. The molecule has 0 saturated carbocycles. The SMILES string of the molecule is Cc1ccc(NC(=O)C2CCOC2=O)c(C)c1. The molecule has 1 aromatic carbocycles. The van der Waals surface area contributed by atoms with E-state index in [4.69, 9.17) is 4.74 Å². The quantitative estimate of drug-likeness (QED) is 0.626. The first-order chi connectivity index (χ1) is 8.08. The van der Waals surface area contributed by atoms with Gasteiger partial charge in [-0.3, -0.25) is 9.59 Å². The van der Waals surface area contributed by atoms with Gasteiger partial charge in [0.05, 0.1) is 6.61 Å². The van der Waals surface area contributed by atoms with E-state index in [-0.39, 0.29) is 5.91 Å². The molecular weight excluding hydrogens is 218 g/mol. The molecule has 1 aliphatic heterocycles. The summed E-state index contributed by atoms with van der Waals surface area (Å²) >= 11 is 0. The molecule has 1 amide bonds. The van der Waals surface area contributed by atoms with Crippen molar-refractivity contribution in [1.29, 1.82) is 0 Å². The lowest BCUT2D eigenvalue weighted by molar-refractivity contribution is -0.143. The molecule has 1 aliphatic rings. The van der Waals surface area contributed by atoms with E-state index in [0.29, 0.717) is 13.0 Å². The van der Waals surface area contributed by atoms with E-state index in [1.165, 1.54) is 0 Å².